The van der Waals surface area contributed by atoms with Gasteiger partial charge in [-0.25, -0.2) is 0 Å². The van der Waals surface area contributed by atoms with Crippen LogP contribution in [-0.2, 0) is 23.7 Å². The van der Waals surface area contributed by atoms with Crippen LogP contribution >= 0.6 is 0 Å². The van der Waals surface area contributed by atoms with Crippen molar-refractivity contribution in [1.82, 2.24) is 0 Å². The van der Waals surface area contributed by atoms with Gasteiger partial charge in [-0.1, -0.05) is 51.9 Å². The van der Waals surface area contributed by atoms with Crippen LogP contribution in [0.1, 0.15) is 65.2 Å². The molecule has 1 aromatic carbocycles. The van der Waals surface area contributed by atoms with Crippen molar-refractivity contribution in [2.75, 3.05) is 64.8 Å². The monoisotopic (exact) mass is 467 g/mol. The molecule has 0 aromatic heterocycles. The lowest BCUT2D eigenvalue weighted by Crippen LogP contribution is -2.14. The number of carbonyl (C=O) groups excluding carboxylic acids is 1. The fourth-order valence-corrected chi connectivity index (χ4v) is 3.16. The summed E-state index contributed by atoms with van der Waals surface area (Å²) in [4.78, 5) is 11.0. The van der Waals surface area contributed by atoms with Gasteiger partial charge in [-0.3, -0.25) is 4.79 Å². The number of nitrogens with one attached hydrogen (secondary N) is 1. The molecule has 0 aliphatic carbocycles. The van der Waals surface area contributed by atoms with Gasteiger partial charge in [0.15, 0.2) is 0 Å². The summed E-state index contributed by atoms with van der Waals surface area (Å²) in [5, 5.41) is 2.72. The van der Waals surface area contributed by atoms with Gasteiger partial charge >= 0.3 is 0 Å². The Morgan fingerprint density at radius 1 is 0.636 bits per heavy atom. The number of unbranched alkanes of at least 4 members (excludes halogenated alkanes) is 7. The second-order valence-electron chi connectivity index (χ2n) is 7.98. The molecule has 7 heteroatoms. The molecule has 33 heavy (non-hydrogen) atoms. The van der Waals surface area contributed by atoms with E-state index >= 15 is 0 Å². The molecule has 0 heterocycles. The van der Waals surface area contributed by atoms with Gasteiger partial charge in [0.25, 0.3) is 0 Å². The first kappa shape index (κ1) is 29.4. The van der Waals surface area contributed by atoms with Crippen LogP contribution in [0.4, 0.5) is 5.69 Å². The van der Waals surface area contributed by atoms with E-state index in [9.17, 15) is 4.79 Å². The molecule has 1 rings (SSSR count). The number of amides is 1. The third-order valence-corrected chi connectivity index (χ3v) is 4.93. The molecule has 0 bridgehead atoms. The van der Waals surface area contributed by atoms with Crippen molar-refractivity contribution in [2.24, 2.45) is 0 Å². The molecule has 0 unspecified atom stereocenters. The van der Waals surface area contributed by atoms with E-state index in [4.69, 9.17) is 23.7 Å². The Kier molecular flexibility index (Phi) is 19.7. The lowest BCUT2D eigenvalue weighted by molar-refractivity contribution is -0.114. The van der Waals surface area contributed by atoms with Crippen LogP contribution in [-0.4, -0.2) is 65.4 Å². The average molecular weight is 468 g/mol. The molecule has 0 saturated heterocycles. The standard InChI is InChI=1S/C26H45NO6/c1-3-4-5-6-7-8-9-10-15-29-16-17-30-18-19-31-20-21-32-22-23-33-26-13-11-25(12-14-26)27-24(2)28/h11-14H,3-10,15-23H2,1-2H3,(H,27,28). The van der Waals surface area contributed by atoms with E-state index in [-0.39, 0.29) is 5.91 Å². The van der Waals surface area contributed by atoms with Crippen LogP contribution in [0.5, 0.6) is 5.75 Å². The molecular weight excluding hydrogens is 422 g/mol. The highest BCUT2D eigenvalue weighted by Crippen LogP contribution is 2.15. The molecule has 0 fully saturated rings. The molecule has 0 radical (unpaired) electrons. The maximum atomic E-state index is 11.0. The van der Waals surface area contributed by atoms with Gasteiger partial charge in [-0.2, -0.15) is 0 Å². The Hall–Kier alpha value is -1.67. The predicted molar refractivity (Wildman–Crippen MR) is 132 cm³/mol. The molecule has 0 aliphatic rings. The summed E-state index contributed by atoms with van der Waals surface area (Å²) in [6, 6.07) is 7.24. The Balaban J connectivity index is 1.75. The Labute approximate surface area is 200 Å². The van der Waals surface area contributed by atoms with Crippen molar-refractivity contribution < 1.29 is 28.5 Å². The van der Waals surface area contributed by atoms with Crippen molar-refractivity contribution in [3.05, 3.63) is 24.3 Å². The molecular formula is C26H45NO6. The number of benzene rings is 1. The first-order valence-electron chi connectivity index (χ1n) is 12.5. The smallest absolute Gasteiger partial charge is 0.221 e. The number of hydrogen-bond acceptors (Lipinski definition) is 6. The fourth-order valence-electron chi connectivity index (χ4n) is 3.16. The molecule has 0 atom stereocenters. The number of anilines is 1. The van der Waals surface area contributed by atoms with Crippen LogP contribution in [0.15, 0.2) is 24.3 Å². The number of carbonyl (C=O) groups is 1. The van der Waals surface area contributed by atoms with Crippen LogP contribution in [0.2, 0.25) is 0 Å². The summed E-state index contributed by atoms with van der Waals surface area (Å²) in [6.07, 6.45) is 10.5. The Morgan fingerprint density at radius 2 is 1.09 bits per heavy atom. The van der Waals surface area contributed by atoms with E-state index in [2.05, 4.69) is 12.2 Å². The third kappa shape index (κ3) is 19.5. The minimum Gasteiger partial charge on any atom is -0.491 e. The molecule has 1 N–H and O–H groups in total. The summed E-state index contributed by atoms with van der Waals surface area (Å²) >= 11 is 0. The third-order valence-electron chi connectivity index (χ3n) is 4.93. The van der Waals surface area contributed by atoms with Gasteiger partial charge in [0.2, 0.25) is 5.91 Å². The van der Waals surface area contributed by atoms with Crippen LogP contribution in [0.25, 0.3) is 0 Å². The molecule has 1 aromatic rings. The first-order valence-corrected chi connectivity index (χ1v) is 12.5. The molecule has 0 aliphatic heterocycles. The summed E-state index contributed by atoms with van der Waals surface area (Å²) < 4.78 is 27.7. The Morgan fingerprint density at radius 3 is 1.61 bits per heavy atom. The normalized spacial score (nSPS) is 11.0. The van der Waals surface area contributed by atoms with Gasteiger partial charge in [0.1, 0.15) is 12.4 Å². The SMILES string of the molecule is CCCCCCCCCCOCCOCCOCCOCCOc1ccc(NC(C)=O)cc1. The zero-order valence-corrected chi connectivity index (χ0v) is 20.8. The van der Waals surface area contributed by atoms with Gasteiger partial charge in [-0.05, 0) is 30.7 Å². The predicted octanol–water partition coefficient (Wildman–Crippen LogP) is 5.23. The van der Waals surface area contributed by atoms with E-state index in [1.807, 2.05) is 12.1 Å². The summed E-state index contributed by atoms with van der Waals surface area (Å²) in [5.74, 6) is 0.645. The van der Waals surface area contributed by atoms with Gasteiger partial charge < -0.3 is 29.0 Å². The quantitative estimate of drug-likeness (QED) is 0.222. The first-order chi connectivity index (χ1) is 16.2. The largest absolute Gasteiger partial charge is 0.491 e. The topological polar surface area (TPSA) is 75.2 Å². The summed E-state index contributed by atoms with van der Waals surface area (Å²) in [6.45, 7) is 8.95. The van der Waals surface area contributed by atoms with Crippen LogP contribution in [0.3, 0.4) is 0 Å². The van der Waals surface area contributed by atoms with Gasteiger partial charge in [-0.15, -0.1) is 0 Å². The second kappa shape index (κ2) is 22.1. The number of hydrogen-bond donors (Lipinski definition) is 1. The van der Waals surface area contributed by atoms with Crippen molar-refractivity contribution in [2.45, 2.75) is 65.2 Å². The van der Waals surface area contributed by atoms with Crippen molar-refractivity contribution in [1.29, 1.82) is 0 Å². The lowest BCUT2D eigenvalue weighted by atomic mass is 10.1. The average Bonchev–Trinajstić information content (AvgIpc) is 2.81. The summed E-state index contributed by atoms with van der Waals surface area (Å²) in [7, 11) is 0. The van der Waals surface area contributed by atoms with Crippen LogP contribution in [0, 0.1) is 0 Å². The highest BCUT2D eigenvalue weighted by Gasteiger charge is 1.98. The highest BCUT2D eigenvalue weighted by atomic mass is 16.6. The minimum atomic E-state index is -0.0933. The maximum absolute atomic E-state index is 11.0. The fraction of sp³-hybridized carbons (Fsp3) is 0.731. The molecule has 0 saturated carbocycles. The zero-order chi connectivity index (χ0) is 23.8. The molecule has 7 nitrogen and oxygen atoms in total. The van der Waals surface area contributed by atoms with E-state index in [1.54, 1.807) is 12.1 Å². The van der Waals surface area contributed by atoms with E-state index < -0.39 is 0 Å². The van der Waals surface area contributed by atoms with Crippen LogP contribution < -0.4 is 10.1 Å². The molecule has 0 spiro atoms. The van der Waals surface area contributed by atoms with Crippen molar-refractivity contribution in [3.8, 4) is 5.75 Å². The Bertz CT molecular complexity index is 566. The van der Waals surface area contributed by atoms with E-state index in [1.165, 1.54) is 51.9 Å². The van der Waals surface area contributed by atoms with Crippen molar-refractivity contribution in [3.63, 3.8) is 0 Å². The lowest BCUT2D eigenvalue weighted by Gasteiger charge is -2.09. The molecule has 190 valence electrons. The molecule has 1 amide bonds. The maximum Gasteiger partial charge on any atom is 0.221 e. The van der Waals surface area contributed by atoms with E-state index in [0.29, 0.717) is 52.9 Å². The number of ether oxygens (including phenoxy) is 5. The highest BCUT2D eigenvalue weighted by molar-refractivity contribution is 5.88. The van der Waals surface area contributed by atoms with Crippen molar-refractivity contribution >= 4 is 11.6 Å². The van der Waals surface area contributed by atoms with Gasteiger partial charge in [0, 0.05) is 19.2 Å². The van der Waals surface area contributed by atoms with E-state index in [0.717, 1.165) is 24.5 Å². The number of rotatable bonds is 23. The van der Waals surface area contributed by atoms with Gasteiger partial charge in [0.05, 0.1) is 46.2 Å². The second-order valence-corrected chi connectivity index (χ2v) is 7.98. The summed E-state index contributed by atoms with van der Waals surface area (Å²) in [5.41, 5.74) is 0.749. The minimum absolute atomic E-state index is 0.0933. The zero-order valence-electron chi connectivity index (χ0n) is 20.8.